The molecule has 0 heterocycles. The third kappa shape index (κ3) is 2.75. The molecule has 0 aromatic heterocycles. The molecule has 1 aromatic rings. The Morgan fingerprint density at radius 3 is 2.40 bits per heavy atom. The largest absolute Gasteiger partial charge is 0.396 e. The Balaban J connectivity index is 2.96. The molecule has 3 N–H and O–H groups in total. The highest BCUT2D eigenvalue weighted by molar-refractivity contribution is 7.93. The molecular weight excluding hydrogens is 233 g/mol. The number of nitrogen functional groups attached to an aromatic ring is 1. The minimum absolute atomic E-state index is 0.214. The number of benzene rings is 1. The molecule has 84 valence electrons. The van der Waals surface area contributed by atoms with Crippen molar-refractivity contribution in [3.05, 3.63) is 24.0 Å². The first-order valence-electron chi connectivity index (χ1n) is 3.68. The van der Waals surface area contributed by atoms with Gasteiger partial charge in [0.25, 0.3) is 10.0 Å². The summed E-state index contributed by atoms with van der Waals surface area (Å²) in [5.74, 6) is -4.31. The summed E-state index contributed by atoms with van der Waals surface area (Å²) < 4.78 is 59.4. The van der Waals surface area contributed by atoms with Gasteiger partial charge in [-0.2, -0.15) is 8.78 Å². The second-order valence-corrected chi connectivity index (χ2v) is 4.29. The molecular formula is C7H7F3N2O2S. The molecule has 0 aliphatic heterocycles. The molecule has 0 unspecified atom stereocenters. The Morgan fingerprint density at radius 2 is 1.93 bits per heavy atom. The lowest BCUT2D eigenvalue weighted by atomic mass is 10.3. The smallest absolute Gasteiger partial charge is 0.355 e. The molecule has 0 saturated heterocycles. The lowest BCUT2D eigenvalue weighted by Crippen LogP contribution is -2.20. The van der Waals surface area contributed by atoms with E-state index in [0.29, 0.717) is 0 Å². The van der Waals surface area contributed by atoms with Crippen LogP contribution in [0.4, 0.5) is 24.5 Å². The number of rotatable bonds is 3. The van der Waals surface area contributed by atoms with E-state index >= 15 is 0 Å². The van der Waals surface area contributed by atoms with Crippen LogP contribution in [0.3, 0.4) is 0 Å². The van der Waals surface area contributed by atoms with Crippen molar-refractivity contribution in [1.29, 1.82) is 0 Å². The topological polar surface area (TPSA) is 72.2 Å². The van der Waals surface area contributed by atoms with Crippen LogP contribution in [0.5, 0.6) is 0 Å². The number of hydrogen-bond acceptors (Lipinski definition) is 3. The van der Waals surface area contributed by atoms with Gasteiger partial charge in [0.2, 0.25) is 0 Å². The lowest BCUT2D eigenvalue weighted by Gasteiger charge is -2.07. The summed E-state index contributed by atoms with van der Waals surface area (Å²) in [4.78, 5) is 0. The van der Waals surface area contributed by atoms with Gasteiger partial charge in [-0.25, -0.2) is 12.8 Å². The Bertz CT molecular complexity index is 461. The molecule has 0 spiro atoms. The molecule has 1 aromatic carbocycles. The van der Waals surface area contributed by atoms with E-state index in [0.717, 1.165) is 18.2 Å². The maximum atomic E-state index is 12.6. The molecule has 8 heteroatoms. The molecule has 0 amide bonds. The van der Waals surface area contributed by atoms with E-state index in [9.17, 15) is 21.6 Å². The first-order chi connectivity index (χ1) is 6.83. The van der Waals surface area contributed by atoms with Gasteiger partial charge in [0.15, 0.2) is 0 Å². The van der Waals surface area contributed by atoms with Gasteiger partial charge in [-0.05, 0) is 18.2 Å². The summed E-state index contributed by atoms with van der Waals surface area (Å²) in [5.41, 5.74) is 4.58. The number of nitrogens with two attached hydrogens (primary N) is 1. The highest BCUT2D eigenvalue weighted by Crippen LogP contribution is 2.19. The van der Waals surface area contributed by atoms with Gasteiger partial charge in [0.05, 0.1) is 11.4 Å². The number of alkyl halides is 2. The van der Waals surface area contributed by atoms with Crippen LogP contribution in [-0.2, 0) is 10.0 Å². The molecule has 4 nitrogen and oxygen atoms in total. The highest BCUT2D eigenvalue weighted by atomic mass is 32.2. The predicted octanol–water partition coefficient (Wildman–Crippen LogP) is 1.37. The molecule has 0 bridgehead atoms. The number of anilines is 2. The highest BCUT2D eigenvalue weighted by Gasteiger charge is 2.23. The van der Waals surface area contributed by atoms with Gasteiger partial charge >= 0.3 is 5.76 Å². The Kier molecular flexibility index (Phi) is 3.08. The fourth-order valence-electron chi connectivity index (χ4n) is 0.816. The molecule has 0 fully saturated rings. The number of halogens is 3. The van der Waals surface area contributed by atoms with E-state index in [2.05, 4.69) is 0 Å². The fourth-order valence-corrected chi connectivity index (χ4v) is 1.36. The van der Waals surface area contributed by atoms with Crippen LogP contribution in [0.15, 0.2) is 18.2 Å². The normalized spacial score (nSPS) is 11.7. The predicted molar refractivity (Wildman–Crippen MR) is 49.4 cm³/mol. The minimum Gasteiger partial charge on any atom is -0.396 e. The van der Waals surface area contributed by atoms with Crippen molar-refractivity contribution in [1.82, 2.24) is 0 Å². The van der Waals surface area contributed by atoms with Crippen LogP contribution >= 0.6 is 0 Å². The van der Waals surface area contributed by atoms with Gasteiger partial charge in [0, 0.05) is 0 Å². The van der Waals surface area contributed by atoms with Crippen molar-refractivity contribution in [2.24, 2.45) is 0 Å². The van der Waals surface area contributed by atoms with Gasteiger partial charge < -0.3 is 5.73 Å². The van der Waals surface area contributed by atoms with Crippen molar-refractivity contribution >= 4 is 21.4 Å². The van der Waals surface area contributed by atoms with Crippen LogP contribution in [-0.4, -0.2) is 14.2 Å². The first-order valence-corrected chi connectivity index (χ1v) is 5.22. The van der Waals surface area contributed by atoms with Gasteiger partial charge in [-0.3, -0.25) is 4.72 Å². The zero-order valence-electron chi connectivity index (χ0n) is 7.25. The van der Waals surface area contributed by atoms with Crippen LogP contribution in [0, 0.1) is 5.82 Å². The zero-order valence-corrected chi connectivity index (χ0v) is 8.06. The Morgan fingerprint density at radius 1 is 1.33 bits per heavy atom. The van der Waals surface area contributed by atoms with Crippen LogP contribution in [0.2, 0.25) is 0 Å². The number of nitrogens with one attached hydrogen (secondary N) is 1. The Labute approximate surface area is 83.9 Å². The van der Waals surface area contributed by atoms with Crippen molar-refractivity contribution in [2.75, 3.05) is 10.5 Å². The van der Waals surface area contributed by atoms with Crippen molar-refractivity contribution in [3.63, 3.8) is 0 Å². The molecule has 0 aliphatic carbocycles. The average Bonchev–Trinajstić information content (AvgIpc) is 2.10. The van der Waals surface area contributed by atoms with Crippen LogP contribution < -0.4 is 10.5 Å². The van der Waals surface area contributed by atoms with Gasteiger partial charge in [0.1, 0.15) is 5.82 Å². The zero-order chi connectivity index (χ0) is 11.6. The second kappa shape index (κ2) is 3.97. The molecule has 0 saturated carbocycles. The molecule has 0 radical (unpaired) electrons. The minimum atomic E-state index is -4.74. The average molecular weight is 240 g/mol. The van der Waals surface area contributed by atoms with E-state index in [1.54, 1.807) is 4.72 Å². The number of sulfonamides is 1. The maximum absolute atomic E-state index is 12.6. The van der Waals surface area contributed by atoms with E-state index < -0.39 is 21.6 Å². The summed E-state index contributed by atoms with van der Waals surface area (Å²) in [7, 11) is -4.74. The summed E-state index contributed by atoms with van der Waals surface area (Å²) in [6.45, 7) is 0. The SMILES string of the molecule is Nc1cc(NS(=O)(=O)C(F)F)ccc1F. The van der Waals surface area contributed by atoms with E-state index in [-0.39, 0.29) is 11.4 Å². The van der Waals surface area contributed by atoms with Gasteiger partial charge in [-0.1, -0.05) is 0 Å². The van der Waals surface area contributed by atoms with Crippen LogP contribution in [0.1, 0.15) is 0 Å². The number of hydrogen-bond donors (Lipinski definition) is 2. The second-order valence-electron chi connectivity index (χ2n) is 2.64. The summed E-state index contributed by atoms with van der Waals surface area (Å²) in [6, 6.07) is 2.78. The fraction of sp³-hybridized carbons (Fsp3) is 0.143. The van der Waals surface area contributed by atoms with Gasteiger partial charge in [-0.15, -0.1) is 0 Å². The van der Waals surface area contributed by atoms with Crippen LogP contribution in [0.25, 0.3) is 0 Å². The monoisotopic (exact) mass is 240 g/mol. The van der Waals surface area contributed by atoms with Crippen molar-refractivity contribution in [3.8, 4) is 0 Å². The molecule has 0 aliphatic rings. The summed E-state index contributed by atoms with van der Waals surface area (Å²) in [6.07, 6.45) is 0. The Hall–Kier alpha value is -1.44. The standard InChI is InChI=1S/C7H7F3N2O2S/c8-5-2-1-4(3-6(5)11)12-15(13,14)7(9)10/h1-3,7,12H,11H2. The van der Waals surface area contributed by atoms with E-state index in [4.69, 9.17) is 5.73 Å². The third-order valence-corrected chi connectivity index (χ3v) is 2.48. The van der Waals surface area contributed by atoms with E-state index in [1.165, 1.54) is 0 Å². The van der Waals surface area contributed by atoms with Crippen molar-refractivity contribution < 1.29 is 21.6 Å². The maximum Gasteiger partial charge on any atom is 0.355 e. The quantitative estimate of drug-likeness (QED) is 0.784. The first kappa shape index (κ1) is 11.6. The lowest BCUT2D eigenvalue weighted by molar-refractivity contribution is 0.236. The molecule has 15 heavy (non-hydrogen) atoms. The summed E-state index contributed by atoms with van der Waals surface area (Å²) >= 11 is 0. The van der Waals surface area contributed by atoms with Crippen molar-refractivity contribution in [2.45, 2.75) is 5.76 Å². The third-order valence-electron chi connectivity index (χ3n) is 1.49. The molecule has 1 rings (SSSR count). The van der Waals surface area contributed by atoms with E-state index in [1.807, 2.05) is 0 Å². The summed E-state index contributed by atoms with van der Waals surface area (Å²) in [5, 5.41) is 0. The molecule has 0 atom stereocenters.